The van der Waals surface area contributed by atoms with E-state index < -0.39 is 5.97 Å². The van der Waals surface area contributed by atoms with Crippen molar-refractivity contribution in [3.05, 3.63) is 35.6 Å². The average Bonchev–Trinajstić information content (AvgIpc) is 2.75. The minimum Gasteiger partial charge on any atom is -0.497 e. The Labute approximate surface area is 93.1 Å². The van der Waals surface area contributed by atoms with Crippen LogP contribution in [0.1, 0.15) is 0 Å². The van der Waals surface area contributed by atoms with Crippen molar-refractivity contribution in [2.24, 2.45) is 0 Å². The molecule has 1 N–H and O–H groups in total. The Balaban J connectivity index is 0.000000134. The Morgan fingerprint density at radius 3 is 2.44 bits per heavy atom. The molecule has 0 bridgehead atoms. The minimum absolute atomic E-state index is 0.144. The van der Waals surface area contributed by atoms with Gasteiger partial charge in [0.15, 0.2) is 0 Å². The summed E-state index contributed by atoms with van der Waals surface area (Å²) in [7, 11) is 1.44. The van der Waals surface area contributed by atoms with Crippen molar-refractivity contribution in [1.29, 1.82) is 0 Å². The van der Waals surface area contributed by atoms with E-state index in [-0.39, 0.29) is 18.8 Å². The zero-order chi connectivity index (χ0) is 11.5. The fraction of sp³-hybridized carbons (Fsp3) is 0.250. The summed E-state index contributed by atoms with van der Waals surface area (Å²) >= 11 is 0. The summed E-state index contributed by atoms with van der Waals surface area (Å²) in [6.45, 7) is -0.173. The topological polar surface area (TPSA) is 55.8 Å². The van der Waals surface area contributed by atoms with Crippen LogP contribution in [0, 0.1) is 0 Å². The first-order valence-electron chi connectivity index (χ1n) is 4.90. The van der Waals surface area contributed by atoms with Gasteiger partial charge >= 0.3 is 5.97 Å². The van der Waals surface area contributed by atoms with Crippen molar-refractivity contribution in [3.63, 3.8) is 0 Å². The van der Waals surface area contributed by atoms with Gasteiger partial charge in [0, 0.05) is 0 Å². The number of cyclic esters (lactones) is 1. The number of rotatable bonds is 2. The van der Waals surface area contributed by atoms with Crippen molar-refractivity contribution < 1.29 is 19.4 Å². The fourth-order valence-electron chi connectivity index (χ4n) is 1.43. The maximum absolute atomic E-state index is 10.7. The van der Waals surface area contributed by atoms with Gasteiger partial charge in [0.1, 0.15) is 17.9 Å². The minimum atomic E-state index is -0.487. The van der Waals surface area contributed by atoms with E-state index >= 15 is 0 Å². The maximum Gasteiger partial charge on any atom is 0.340 e. The molecular weight excluding hydrogens is 208 g/mol. The van der Waals surface area contributed by atoms with E-state index in [0.29, 0.717) is 5.76 Å². The lowest BCUT2D eigenvalue weighted by Gasteiger charge is -1.96. The molecule has 0 saturated carbocycles. The maximum atomic E-state index is 10.7. The number of hydrogen-bond acceptors (Lipinski definition) is 4. The average molecular weight is 220 g/mol. The third-order valence-electron chi connectivity index (χ3n) is 2.43. The highest BCUT2D eigenvalue weighted by molar-refractivity contribution is 5.91. The summed E-state index contributed by atoms with van der Waals surface area (Å²) < 4.78 is 9.32. The molecule has 4 heteroatoms. The quantitative estimate of drug-likeness (QED) is 0.770. The number of esters is 1. The van der Waals surface area contributed by atoms with Gasteiger partial charge in [0.25, 0.3) is 0 Å². The Kier molecular flexibility index (Phi) is 2.92. The molecule has 0 aromatic heterocycles. The third kappa shape index (κ3) is 2.06. The lowest BCUT2D eigenvalue weighted by molar-refractivity contribution is -0.136. The second-order valence-corrected chi connectivity index (χ2v) is 3.42. The fourth-order valence-corrected chi connectivity index (χ4v) is 1.43. The van der Waals surface area contributed by atoms with Crippen LogP contribution < -0.4 is 0 Å². The zero-order valence-electron chi connectivity index (χ0n) is 8.90. The number of aliphatic hydroxyl groups is 1. The van der Waals surface area contributed by atoms with Crippen LogP contribution in [-0.4, -0.2) is 31.4 Å². The molecule has 0 radical (unpaired) electrons. The Bertz CT molecular complexity index is 431. The van der Waals surface area contributed by atoms with Gasteiger partial charge in [-0.25, -0.2) is 4.79 Å². The molecule has 16 heavy (non-hydrogen) atoms. The monoisotopic (exact) mass is 220 g/mol. The highest BCUT2D eigenvalue weighted by atomic mass is 16.6. The number of methoxy groups -OCH3 is 1. The first-order valence-corrected chi connectivity index (χ1v) is 4.90. The number of ether oxygens (including phenoxy) is 2. The van der Waals surface area contributed by atoms with E-state index in [9.17, 15) is 4.79 Å². The normalized spacial score (nSPS) is 15.2. The lowest BCUT2D eigenvalue weighted by Crippen LogP contribution is -2.02. The van der Waals surface area contributed by atoms with Crippen LogP contribution >= 0.6 is 0 Å². The standard InChI is InChI=1S/C6H8O4.C6H4/c1-9-5-3-10-6(8)4(5)2-7;1-2-5-4-6(5)3-1/h7H,2-3H2,1H3;1-4H. The smallest absolute Gasteiger partial charge is 0.340 e. The van der Waals surface area contributed by atoms with Gasteiger partial charge in [-0.05, 0) is 17.2 Å². The molecule has 0 aromatic carbocycles. The van der Waals surface area contributed by atoms with Crippen molar-refractivity contribution in [1.82, 2.24) is 0 Å². The van der Waals surface area contributed by atoms with Gasteiger partial charge in [-0.3, -0.25) is 0 Å². The first-order chi connectivity index (χ1) is 7.76. The van der Waals surface area contributed by atoms with Crippen LogP contribution in [0.2, 0.25) is 0 Å². The molecule has 3 aliphatic rings. The Morgan fingerprint density at radius 1 is 1.44 bits per heavy atom. The van der Waals surface area contributed by atoms with Crippen molar-refractivity contribution >= 4 is 5.97 Å². The van der Waals surface area contributed by atoms with Gasteiger partial charge in [0.2, 0.25) is 0 Å². The summed E-state index contributed by atoms with van der Waals surface area (Å²) in [5.74, 6) is -0.0631. The van der Waals surface area contributed by atoms with Crippen LogP contribution in [0.25, 0.3) is 11.1 Å². The molecule has 3 rings (SSSR count). The van der Waals surface area contributed by atoms with Gasteiger partial charge in [-0.1, -0.05) is 18.2 Å². The van der Waals surface area contributed by atoms with Gasteiger partial charge in [-0.2, -0.15) is 0 Å². The summed E-state index contributed by atoms with van der Waals surface area (Å²) in [5, 5.41) is 8.60. The lowest BCUT2D eigenvalue weighted by atomic mass is 10.3. The van der Waals surface area contributed by atoms with E-state index in [4.69, 9.17) is 9.84 Å². The molecule has 0 atom stereocenters. The summed E-state index contributed by atoms with van der Waals surface area (Å²) in [6, 6.07) is 8.48. The molecule has 0 fully saturated rings. The van der Waals surface area contributed by atoms with Crippen LogP contribution in [0.3, 0.4) is 0 Å². The second kappa shape index (κ2) is 4.37. The Hall–Kier alpha value is -1.81. The van der Waals surface area contributed by atoms with Crippen LogP contribution in [-0.2, 0) is 14.3 Å². The SMILES string of the molecule is COC1=C(CO)C(=O)OC1.c1cc2cc-2c1. The molecule has 0 amide bonds. The first kappa shape index (κ1) is 10.7. The number of aliphatic hydroxyl groups excluding tert-OH is 1. The Morgan fingerprint density at radius 2 is 2.12 bits per heavy atom. The van der Waals surface area contributed by atoms with Crippen LogP contribution in [0.15, 0.2) is 35.6 Å². The molecule has 4 nitrogen and oxygen atoms in total. The number of carbonyl (C=O) groups is 1. The van der Waals surface area contributed by atoms with E-state index in [1.54, 1.807) is 0 Å². The largest absolute Gasteiger partial charge is 0.497 e. The summed E-state index contributed by atoms with van der Waals surface area (Å²) in [5.41, 5.74) is 3.08. The number of hydrogen-bond donors (Lipinski definition) is 1. The van der Waals surface area contributed by atoms with Crippen LogP contribution in [0.5, 0.6) is 0 Å². The highest BCUT2D eigenvalue weighted by Gasteiger charge is 2.24. The van der Waals surface area contributed by atoms with Gasteiger partial charge in [-0.15, -0.1) is 0 Å². The molecule has 0 saturated heterocycles. The van der Waals surface area contributed by atoms with Crippen molar-refractivity contribution in [2.45, 2.75) is 0 Å². The predicted molar refractivity (Wildman–Crippen MR) is 57.5 cm³/mol. The van der Waals surface area contributed by atoms with Crippen molar-refractivity contribution in [2.75, 3.05) is 20.3 Å². The third-order valence-corrected chi connectivity index (χ3v) is 2.43. The molecular formula is C12H12O4. The molecule has 1 aliphatic heterocycles. The van der Waals surface area contributed by atoms with Gasteiger partial charge < -0.3 is 14.6 Å². The number of fused-ring (bicyclic) bond motifs is 1. The number of benzene rings is 1. The van der Waals surface area contributed by atoms with E-state index in [1.807, 2.05) is 0 Å². The summed E-state index contributed by atoms with van der Waals surface area (Å²) in [4.78, 5) is 10.7. The zero-order valence-corrected chi connectivity index (χ0v) is 8.90. The number of carbonyl (C=O) groups excluding carboxylic acids is 1. The molecule has 1 heterocycles. The molecule has 0 aromatic rings. The van der Waals surface area contributed by atoms with E-state index in [0.717, 1.165) is 0 Å². The second-order valence-electron chi connectivity index (χ2n) is 3.42. The molecule has 84 valence electrons. The van der Waals surface area contributed by atoms with Crippen molar-refractivity contribution in [3.8, 4) is 11.1 Å². The van der Waals surface area contributed by atoms with E-state index in [1.165, 1.54) is 18.2 Å². The van der Waals surface area contributed by atoms with Crippen LogP contribution in [0.4, 0.5) is 0 Å². The van der Waals surface area contributed by atoms with Gasteiger partial charge in [0.05, 0.1) is 13.7 Å². The molecule has 0 spiro atoms. The van der Waals surface area contributed by atoms with E-state index in [2.05, 4.69) is 29.0 Å². The summed E-state index contributed by atoms with van der Waals surface area (Å²) in [6.07, 6.45) is 0. The highest BCUT2D eigenvalue weighted by Crippen LogP contribution is 2.32. The molecule has 0 unspecified atom stereocenters. The molecule has 2 aliphatic carbocycles. The predicted octanol–water partition coefficient (Wildman–Crippen LogP) is 1.10.